The van der Waals surface area contributed by atoms with Crippen LogP contribution in [0.1, 0.15) is 52.7 Å². The molecule has 7 heteroatoms. The van der Waals surface area contributed by atoms with E-state index in [4.69, 9.17) is 9.73 Å². The first-order valence-electron chi connectivity index (χ1n) is 10.7. The van der Waals surface area contributed by atoms with Crippen LogP contribution in [0.25, 0.3) is 0 Å². The molecule has 1 aliphatic heterocycles. The maximum atomic E-state index is 12.2. The molecule has 0 radical (unpaired) electrons. The Balaban J connectivity index is 1.84. The number of anilines is 1. The quantitative estimate of drug-likeness (QED) is 0.481. The minimum Gasteiger partial charge on any atom is -0.377 e. The van der Waals surface area contributed by atoms with Crippen LogP contribution in [0, 0.1) is 18.3 Å². The van der Waals surface area contributed by atoms with Crippen molar-refractivity contribution in [1.29, 1.82) is 0 Å². The average molecular weight is 404 g/mol. The molecule has 29 heavy (non-hydrogen) atoms. The molecular formula is C22H37N5O2. The Kier molecular flexibility index (Phi) is 8.89. The van der Waals surface area contributed by atoms with E-state index in [1.807, 2.05) is 26.0 Å². The Morgan fingerprint density at radius 1 is 1.31 bits per heavy atom. The van der Waals surface area contributed by atoms with E-state index in [1.54, 1.807) is 6.07 Å². The van der Waals surface area contributed by atoms with Gasteiger partial charge in [0.25, 0.3) is 0 Å². The van der Waals surface area contributed by atoms with Gasteiger partial charge in [-0.3, -0.25) is 9.79 Å². The number of pyridine rings is 1. The summed E-state index contributed by atoms with van der Waals surface area (Å²) in [6.45, 7) is 13.5. The van der Waals surface area contributed by atoms with Gasteiger partial charge in [-0.05, 0) is 44.2 Å². The van der Waals surface area contributed by atoms with Crippen molar-refractivity contribution in [2.75, 3.05) is 31.6 Å². The molecule has 2 rings (SSSR count). The summed E-state index contributed by atoms with van der Waals surface area (Å²) < 4.78 is 6.06. The van der Waals surface area contributed by atoms with E-state index in [9.17, 15) is 4.79 Å². The van der Waals surface area contributed by atoms with Gasteiger partial charge in [-0.1, -0.05) is 26.8 Å². The molecule has 1 fully saturated rings. The molecule has 2 atom stereocenters. The maximum absolute atomic E-state index is 12.2. The number of hydrogen-bond donors (Lipinski definition) is 3. The first-order valence-corrected chi connectivity index (χ1v) is 10.7. The predicted octanol–water partition coefficient (Wildman–Crippen LogP) is 3.12. The van der Waals surface area contributed by atoms with Gasteiger partial charge in [0, 0.05) is 44.3 Å². The Morgan fingerprint density at radius 3 is 2.79 bits per heavy atom. The molecule has 1 aromatic rings. The lowest BCUT2D eigenvalue weighted by Gasteiger charge is -2.39. The highest BCUT2D eigenvalue weighted by Crippen LogP contribution is 2.34. The zero-order valence-electron chi connectivity index (χ0n) is 18.5. The molecule has 3 N–H and O–H groups in total. The topological polar surface area (TPSA) is 87.6 Å². The summed E-state index contributed by atoms with van der Waals surface area (Å²) in [5, 5.41) is 9.35. The van der Waals surface area contributed by atoms with Gasteiger partial charge in [-0.2, -0.15) is 0 Å². The molecule has 2 unspecified atom stereocenters. The largest absolute Gasteiger partial charge is 0.377 e. The number of aromatic nitrogens is 1. The Morgan fingerprint density at radius 2 is 2.10 bits per heavy atom. The molecule has 1 amide bonds. The SMILES string of the molecule is CCNC(=NCC1CCCOC1C(C)(C)C)NCCC(=O)Nc1cccc(C)n1. The number of aryl methyl sites for hydroxylation is 1. The lowest BCUT2D eigenvalue weighted by atomic mass is 9.78. The number of guanidine groups is 1. The highest BCUT2D eigenvalue weighted by molar-refractivity contribution is 5.90. The number of hydrogen-bond acceptors (Lipinski definition) is 4. The van der Waals surface area contributed by atoms with E-state index in [-0.39, 0.29) is 17.4 Å². The van der Waals surface area contributed by atoms with Crippen LogP contribution in [-0.2, 0) is 9.53 Å². The summed E-state index contributed by atoms with van der Waals surface area (Å²) in [5.41, 5.74) is 0.983. The summed E-state index contributed by atoms with van der Waals surface area (Å²) in [5.74, 6) is 1.67. The van der Waals surface area contributed by atoms with Crippen molar-refractivity contribution in [3.8, 4) is 0 Å². The minimum atomic E-state index is -0.0695. The Bertz CT molecular complexity index is 684. The molecule has 162 valence electrons. The second kappa shape index (κ2) is 11.1. The highest BCUT2D eigenvalue weighted by Gasteiger charge is 2.35. The molecule has 0 spiro atoms. The monoisotopic (exact) mass is 403 g/mol. The van der Waals surface area contributed by atoms with Crippen molar-refractivity contribution < 1.29 is 9.53 Å². The maximum Gasteiger partial charge on any atom is 0.227 e. The van der Waals surface area contributed by atoms with Crippen LogP contribution < -0.4 is 16.0 Å². The number of nitrogens with zero attached hydrogens (tertiary/aromatic N) is 2. The summed E-state index contributed by atoms with van der Waals surface area (Å²) in [6.07, 6.45) is 2.79. The normalized spacial score (nSPS) is 20.2. The van der Waals surface area contributed by atoms with Crippen molar-refractivity contribution in [2.45, 2.75) is 60.0 Å². The summed E-state index contributed by atoms with van der Waals surface area (Å²) in [7, 11) is 0. The van der Waals surface area contributed by atoms with Crippen LogP contribution in [0.3, 0.4) is 0 Å². The molecule has 0 aromatic carbocycles. The third-order valence-electron chi connectivity index (χ3n) is 4.93. The highest BCUT2D eigenvalue weighted by atomic mass is 16.5. The lowest BCUT2D eigenvalue weighted by molar-refractivity contribution is -0.116. The number of aliphatic imine (C=N–C) groups is 1. The van der Waals surface area contributed by atoms with E-state index in [2.05, 4.69) is 41.7 Å². The fourth-order valence-electron chi connectivity index (χ4n) is 3.65. The molecule has 0 saturated carbocycles. The van der Waals surface area contributed by atoms with Crippen molar-refractivity contribution >= 4 is 17.7 Å². The number of carbonyl (C=O) groups is 1. The molecule has 1 saturated heterocycles. The van der Waals surface area contributed by atoms with Gasteiger partial charge in [0.1, 0.15) is 5.82 Å². The first kappa shape index (κ1) is 23.1. The zero-order valence-corrected chi connectivity index (χ0v) is 18.5. The summed E-state index contributed by atoms with van der Waals surface area (Å²) in [4.78, 5) is 21.2. The van der Waals surface area contributed by atoms with Crippen molar-refractivity contribution in [1.82, 2.24) is 15.6 Å². The first-order chi connectivity index (χ1) is 13.8. The molecular weight excluding hydrogens is 366 g/mol. The third-order valence-corrected chi connectivity index (χ3v) is 4.93. The second-order valence-corrected chi connectivity index (χ2v) is 8.67. The van der Waals surface area contributed by atoms with E-state index in [0.29, 0.717) is 24.7 Å². The van der Waals surface area contributed by atoms with Crippen LogP contribution in [-0.4, -0.2) is 49.2 Å². The van der Waals surface area contributed by atoms with Crippen molar-refractivity contribution in [3.63, 3.8) is 0 Å². The number of nitrogens with one attached hydrogen (secondary N) is 3. The van der Waals surface area contributed by atoms with E-state index >= 15 is 0 Å². The minimum absolute atomic E-state index is 0.0695. The number of ether oxygens (including phenoxy) is 1. The molecule has 0 bridgehead atoms. The fourth-order valence-corrected chi connectivity index (χ4v) is 3.65. The fraction of sp³-hybridized carbons (Fsp3) is 0.682. The number of amides is 1. The molecule has 2 heterocycles. The van der Waals surface area contributed by atoms with Gasteiger partial charge >= 0.3 is 0 Å². The van der Waals surface area contributed by atoms with Crippen LogP contribution in [0.2, 0.25) is 0 Å². The average Bonchev–Trinajstić information content (AvgIpc) is 2.65. The lowest BCUT2D eigenvalue weighted by Crippen LogP contribution is -2.43. The van der Waals surface area contributed by atoms with Gasteiger partial charge in [-0.25, -0.2) is 4.98 Å². The van der Waals surface area contributed by atoms with Crippen LogP contribution in [0.4, 0.5) is 5.82 Å². The number of carbonyl (C=O) groups excluding carboxylic acids is 1. The Hall–Kier alpha value is -2.15. The number of rotatable bonds is 7. The molecule has 1 aliphatic rings. The summed E-state index contributed by atoms with van der Waals surface area (Å²) in [6, 6.07) is 5.58. The van der Waals surface area contributed by atoms with E-state index in [0.717, 1.165) is 44.2 Å². The standard InChI is InChI=1S/C22H37N5O2/c1-6-23-21(25-15-17-10-8-14-29-20(17)22(3,4)5)24-13-12-19(28)27-18-11-7-9-16(2)26-18/h7,9,11,17,20H,6,8,10,12-15H2,1-5H3,(H2,23,24,25)(H,26,27,28). The molecule has 1 aromatic heterocycles. The third kappa shape index (κ3) is 8.01. The van der Waals surface area contributed by atoms with Crippen LogP contribution in [0.5, 0.6) is 0 Å². The smallest absolute Gasteiger partial charge is 0.227 e. The summed E-state index contributed by atoms with van der Waals surface area (Å²) >= 11 is 0. The van der Waals surface area contributed by atoms with Gasteiger partial charge in [0.05, 0.1) is 6.10 Å². The van der Waals surface area contributed by atoms with E-state index < -0.39 is 0 Å². The van der Waals surface area contributed by atoms with E-state index in [1.165, 1.54) is 0 Å². The van der Waals surface area contributed by atoms with Gasteiger partial charge in [0.15, 0.2) is 5.96 Å². The van der Waals surface area contributed by atoms with Gasteiger partial charge in [-0.15, -0.1) is 0 Å². The second-order valence-electron chi connectivity index (χ2n) is 8.67. The van der Waals surface area contributed by atoms with Crippen LogP contribution in [0.15, 0.2) is 23.2 Å². The van der Waals surface area contributed by atoms with Crippen LogP contribution >= 0.6 is 0 Å². The predicted molar refractivity (Wildman–Crippen MR) is 118 cm³/mol. The Labute approximate surface area is 175 Å². The zero-order chi connectivity index (χ0) is 21.3. The van der Waals surface area contributed by atoms with Gasteiger partial charge < -0.3 is 20.7 Å². The molecule has 0 aliphatic carbocycles. The van der Waals surface area contributed by atoms with Crippen molar-refractivity contribution in [3.05, 3.63) is 23.9 Å². The van der Waals surface area contributed by atoms with Gasteiger partial charge in [0.2, 0.25) is 5.91 Å². The van der Waals surface area contributed by atoms with Crippen molar-refractivity contribution in [2.24, 2.45) is 16.3 Å². The molecule has 7 nitrogen and oxygen atoms in total.